The second kappa shape index (κ2) is 10.3. The Hall–Kier alpha value is -0.420. The normalized spacial score (nSPS) is 12.8. The maximum Gasteiger partial charge on any atom is 0.0558 e. The minimum atomic E-state index is 0.239. The van der Waals surface area contributed by atoms with Crippen molar-refractivity contribution in [2.45, 2.75) is 32.2 Å². The maximum atomic E-state index is 9.15. The summed E-state index contributed by atoms with van der Waals surface area (Å²) in [6, 6.07) is 8.70. The summed E-state index contributed by atoms with van der Waals surface area (Å²) in [7, 11) is 2.01. The lowest BCUT2D eigenvalue weighted by atomic mass is 10.0. The molecule has 0 bridgehead atoms. The Kier molecular flexibility index (Phi) is 9.10. The summed E-state index contributed by atoms with van der Waals surface area (Å²) in [6.45, 7) is 5.29. The smallest absolute Gasteiger partial charge is 0.0558 e. The van der Waals surface area contributed by atoms with Gasteiger partial charge in [0.2, 0.25) is 0 Å². The van der Waals surface area contributed by atoms with E-state index in [4.69, 9.17) is 5.11 Å². The van der Waals surface area contributed by atoms with Crippen LogP contribution in [0, 0.1) is 0 Å². The maximum absolute atomic E-state index is 9.15. The number of hydrogen-bond donors (Lipinski definition) is 2. The average Bonchev–Trinajstić information content (AvgIpc) is 2.46. The molecule has 114 valence electrons. The zero-order valence-corrected chi connectivity index (χ0v) is 14.2. The lowest BCUT2D eigenvalue weighted by Gasteiger charge is -2.25. The highest BCUT2D eigenvalue weighted by Gasteiger charge is 2.14. The van der Waals surface area contributed by atoms with Crippen molar-refractivity contribution < 1.29 is 5.11 Å². The second-order valence-corrected chi connectivity index (χ2v) is 5.92. The van der Waals surface area contributed by atoms with Crippen molar-refractivity contribution in [3.63, 3.8) is 0 Å². The van der Waals surface area contributed by atoms with Crippen molar-refractivity contribution >= 4 is 15.9 Å². The van der Waals surface area contributed by atoms with Crippen LogP contribution >= 0.6 is 15.9 Å². The third-order valence-electron chi connectivity index (χ3n) is 3.61. The second-order valence-electron chi connectivity index (χ2n) is 5.07. The van der Waals surface area contributed by atoms with Gasteiger partial charge in [0.05, 0.1) is 6.61 Å². The van der Waals surface area contributed by atoms with E-state index >= 15 is 0 Å². The van der Waals surface area contributed by atoms with Gasteiger partial charge in [-0.1, -0.05) is 47.5 Å². The van der Waals surface area contributed by atoms with Gasteiger partial charge in [-0.2, -0.15) is 0 Å². The minimum Gasteiger partial charge on any atom is -0.395 e. The summed E-state index contributed by atoms with van der Waals surface area (Å²) in [5.41, 5.74) is 1.30. The van der Waals surface area contributed by atoms with Crippen LogP contribution in [0.4, 0.5) is 0 Å². The highest BCUT2D eigenvalue weighted by atomic mass is 79.9. The van der Waals surface area contributed by atoms with Gasteiger partial charge in [-0.15, -0.1) is 0 Å². The number of unbranched alkanes of at least 4 members (excludes halogenated alkanes) is 1. The van der Waals surface area contributed by atoms with Crippen LogP contribution in [0.5, 0.6) is 0 Å². The van der Waals surface area contributed by atoms with E-state index in [1.165, 1.54) is 18.4 Å². The fourth-order valence-corrected chi connectivity index (χ4v) is 2.94. The van der Waals surface area contributed by atoms with Gasteiger partial charge in [0, 0.05) is 23.6 Å². The topological polar surface area (TPSA) is 35.5 Å². The molecule has 1 aromatic rings. The lowest BCUT2D eigenvalue weighted by molar-refractivity contribution is 0.188. The van der Waals surface area contributed by atoms with Gasteiger partial charge < -0.3 is 15.3 Å². The monoisotopic (exact) mass is 342 g/mol. The molecule has 4 heteroatoms. The lowest BCUT2D eigenvalue weighted by Crippen LogP contribution is -2.31. The van der Waals surface area contributed by atoms with Crippen molar-refractivity contribution in [2.75, 3.05) is 33.3 Å². The molecule has 0 saturated carbocycles. The number of halogens is 1. The van der Waals surface area contributed by atoms with E-state index in [-0.39, 0.29) is 6.61 Å². The van der Waals surface area contributed by atoms with Gasteiger partial charge in [-0.05, 0) is 38.1 Å². The Bertz CT molecular complexity index is 373. The minimum absolute atomic E-state index is 0.239. The molecule has 2 N–H and O–H groups in total. The number of benzene rings is 1. The molecule has 0 aliphatic carbocycles. The van der Waals surface area contributed by atoms with Gasteiger partial charge in [0.1, 0.15) is 0 Å². The zero-order valence-electron chi connectivity index (χ0n) is 12.6. The van der Waals surface area contributed by atoms with E-state index in [0.29, 0.717) is 6.04 Å². The zero-order chi connectivity index (χ0) is 14.8. The van der Waals surface area contributed by atoms with Crippen molar-refractivity contribution in [1.82, 2.24) is 10.2 Å². The molecule has 0 radical (unpaired) electrons. The summed E-state index contributed by atoms with van der Waals surface area (Å²) in [6.07, 6.45) is 3.43. The third-order valence-corrected chi connectivity index (χ3v) is 4.33. The summed E-state index contributed by atoms with van der Waals surface area (Å²) < 4.78 is 1.15. The Balaban J connectivity index is 2.57. The van der Waals surface area contributed by atoms with E-state index < -0.39 is 0 Å². The highest BCUT2D eigenvalue weighted by molar-refractivity contribution is 9.10. The largest absolute Gasteiger partial charge is 0.395 e. The van der Waals surface area contributed by atoms with Crippen LogP contribution in [0.15, 0.2) is 28.7 Å². The molecule has 0 amide bonds. The molecule has 1 unspecified atom stereocenters. The van der Waals surface area contributed by atoms with E-state index in [2.05, 4.69) is 51.3 Å². The highest BCUT2D eigenvalue weighted by Crippen LogP contribution is 2.25. The van der Waals surface area contributed by atoms with Crippen molar-refractivity contribution in [1.29, 1.82) is 0 Å². The number of rotatable bonds is 10. The van der Waals surface area contributed by atoms with Crippen LogP contribution < -0.4 is 5.32 Å². The first-order valence-electron chi connectivity index (χ1n) is 7.47. The molecule has 1 rings (SSSR count). The SMILES string of the molecule is CCCCN(CCO)CCC(NC)c1ccccc1Br. The van der Waals surface area contributed by atoms with Crippen molar-refractivity contribution in [3.8, 4) is 0 Å². The van der Waals surface area contributed by atoms with Crippen LogP contribution in [0.25, 0.3) is 0 Å². The first kappa shape index (κ1) is 17.6. The van der Waals surface area contributed by atoms with Gasteiger partial charge in [-0.25, -0.2) is 0 Å². The summed E-state index contributed by atoms with van der Waals surface area (Å²) in [4.78, 5) is 2.35. The Morgan fingerprint density at radius 3 is 2.60 bits per heavy atom. The van der Waals surface area contributed by atoms with Crippen molar-refractivity contribution in [2.24, 2.45) is 0 Å². The molecule has 0 spiro atoms. The van der Waals surface area contributed by atoms with E-state index in [1.54, 1.807) is 0 Å². The summed E-state index contributed by atoms with van der Waals surface area (Å²) in [5, 5.41) is 12.5. The summed E-state index contributed by atoms with van der Waals surface area (Å²) in [5.74, 6) is 0. The number of nitrogens with zero attached hydrogens (tertiary/aromatic N) is 1. The van der Waals surface area contributed by atoms with E-state index in [0.717, 1.165) is 30.5 Å². The number of aliphatic hydroxyl groups is 1. The molecular formula is C16H27BrN2O. The average molecular weight is 343 g/mol. The molecule has 3 nitrogen and oxygen atoms in total. The fourth-order valence-electron chi connectivity index (χ4n) is 2.38. The van der Waals surface area contributed by atoms with Gasteiger partial charge in [0.25, 0.3) is 0 Å². The molecule has 0 aromatic heterocycles. The molecular weight excluding hydrogens is 316 g/mol. The van der Waals surface area contributed by atoms with E-state index in [1.807, 2.05) is 13.1 Å². The standard InChI is InChI=1S/C16H27BrN2O/c1-3-4-10-19(12-13-20)11-9-16(18-2)14-7-5-6-8-15(14)17/h5-8,16,18,20H,3-4,9-13H2,1-2H3. The Labute approximate surface area is 131 Å². The predicted molar refractivity (Wildman–Crippen MR) is 89.0 cm³/mol. The van der Waals surface area contributed by atoms with Crippen LogP contribution in [-0.2, 0) is 0 Å². The predicted octanol–water partition coefficient (Wildman–Crippen LogP) is 3.19. The molecule has 0 heterocycles. The van der Waals surface area contributed by atoms with Gasteiger partial charge >= 0.3 is 0 Å². The Morgan fingerprint density at radius 2 is 2.00 bits per heavy atom. The van der Waals surface area contributed by atoms with Crippen LogP contribution in [0.2, 0.25) is 0 Å². The van der Waals surface area contributed by atoms with Crippen LogP contribution in [0.1, 0.15) is 37.8 Å². The van der Waals surface area contributed by atoms with Crippen molar-refractivity contribution in [3.05, 3.63) is 34.3 Å². The number of aliphatic hydroxyl groups excluding tert-OH is 1. The van der Waals surface area contributed by atoms with Crippen LogP contribution in [-0.4, -0.2) is 43.3 Å². The van der Waals surface area contributed by atoms with Gasteiger partial charge in [0.15, 0.2) is 0 Å². The first-order chi connectivity index (χ1) is 9.72. The molecule has 1 atom stereocenters. The Morgan fingerprint density at radius 1 is 1.25 bits per heavy atom. The summed E-state index contributed by atoms with van der Waals surface area (Å²) >= 11 is 3.62. The fraction of sp³-hybridized carbons (Fsp3) is 0.625. The molecule has 0 aliphatic heterocycles. The molecule has 0 fully saturated rings. The molecule has 20 heavy (non-hydrogen) atoms. The van der Waals surface area contributed by atoms with E-state index in [9.17, 15) is 0 Å². The number of hydrogen-bond acceptors (Lipinski definition) is 3. The van der Waals surface area contributed by atoms with Gasteiger partial charge in [-0.3, -0.25) is 0 Å². The molecule has 1 aromatic carbocycles. The number of nitrogens with one attached hydrogen (secondary N) is 1. The molecule has 0 aliphatic rings. The first-order valence-corrected chi connectivity index (χ1v) is 8.27. The third kappa shape index (κ3) is 5.92. The quantitative estimate of drug-likeness (QED) is 0.685. The van der Waals surface area contributed by atoms with Crippen LogP contribution in [0.3, 0.4) is 0 Å². The molecule has 0 saturated heterocycles.